The maximum atomic E-state index is 12.4. The van der Waals surface area contributed by atoms with E-state index >= 15 is 0 Å². The number of aromatic nitrogens is 1. The van der Waals surface area contributed by atoms with Crippen molar-refractivity contribution < 1.29 is 18.7 Å². The summed E-state index contributed by atoms with van der Waals surface area (Å²) >= 11 is 0. The van der Waals surface area contributed by atoms with Crippen molar-refractivity contribution in [3.8, 4) is 0 Å². The van der Waals surface area contributed by atoms with Gasteiger partial charge in [0.05, 0.1) is 25.9 Å². The van der Waals surface area contributed by atoms with Gasteiger partial charge in [-0.2, -0.15) is 0 Å². The van der Waals surface area contributed by atoms with Crippen LogP contribution >= 0.6 is 0 Å². The molecule has 7 rings (SSSR count). The SMILES string of the molecule is OC(c1ccccc1)(c1ncc(C[N+]23CCC(CC2)C(OCc2ccccc2)C3)o1)C1CCCCCCC1. The van der Waals surface area contributed by atoms with Crippen molar-refractivity contribution in [1.82, 2.24) is 4.98 Å². The molecule has 38 heavy (non-hydrogen) atoms. The Morgan fingerprint density at radius 1 is 0.868 bits per heavy atom. The molecule has 0 radical (unpaired) electrons. The lowest BCUT2D eigenvalue weighted by atomic mass is 9.74. The zero-order chi connectivity index (χ0) is 25.8. The zero-order valence-corrected chi connectivity index (χ0v) is 22.6. The van der Waals surface area contributed by atoms with E-state index in [0.717, 1.165) is 67.7 Å². The molecule has 2 aromatic carbocycles. The highest BCUT2D eigenvalue weighted by Gasteiger charge is 2.48. The number of hydrogen-bond donors (Lipinski definition) is 1. The first-order chi connectivity index (χ1) is 18.6. The van der Waals surface area contributed by atoms with Crippen LogP contribution in [0.3, 0.4) is 0 Å². The van der Waals surface area contributed by atoms with Gasteiger partial charge in [0.25, 0.3) is 0 Å². The van der Waals surface area contributed by atoms with Crippen LogP contribution in [0.25, 0.3) is 0 Å². The molecule has 4 aliphatic rings. The quantitative estimate of drug-likeness (QED) is 0.344. The Morgan fingerprint density at radius 2 is 1.53 bits per heavy atom. The summed E-state index contributed by atoms with van der Waals surface area (Å²) in [5.41, 5.74) is 0.955. The van der Waals surface area contributed by atoms with Crippen molar-refractivity contribution in [2.45, 2.75) is 82.6 Å². The zero-order valence-electron chi connectivity index (χ0n) is 22.6. The second-order valence-corrected chi connectivity index (χ2v) is 12.1. The van der Waals surface area contributed by atoms with Crippen molar-refractivity contribution in [1.29, 1.82) is 0 Å². The first-order valence-corrected chi connectivity index (χ1v) is 14.9. The minimum Gasteiger partial charge on any atom is -0.436 e. The molecule has 1 aromatic heterocycles. The minimum atomic E-state index is -1.19. The third-order valence-corrected chi connectivity index (χ3v) is 9.63. The second-order valence-electron chi connectivity index (χ2n) is 12.1. The van der Waals surface area contributed by atoms with E-state index in [1.54, 1.807) is 0 Å². The van der Waals surface area contributed by atoms with Crippen molar-refractivity contribution in [2.24, 2.45) is 11.8 Å². The van der Waals surface area contributed by atoms with Gasteiger partial charge in [-0.1, -0.05) is 92.8 Å². The van der Waals surface area contributed by atoms with Gasteiger partial charge in [-0.05, 0) is 24.0 Å². The molecule has 3 saturated heterocycles. The summed E-state index contributed by atoms with van der Waals surface area (Å²) in [5.74, 6) is 2.14. The molecule has 202 valence electrons. The molecule has 2 bridgehead atoms. The van der Waals surface area contributed by atoms with E-state index in [1.165, 1.54) is 37.7 Å². The predicted octanol–water partition coefficient (Wildman–Crippen LogP) is 6.60. The van der Waals surface area contributed by atoms with Crippen molar-refractivity contribution >= 4 is 0 Å². The Morgan fingerprint density at radius 3 is 2.24 bits per heavy atom. The average Bonchev–Trinajstić information content (AvgIpc) is 3.41. The van der Waals surface area contributed by atoms with Crippen LogP contribution in [0.1, 0.15) is 80.6 Å². The summed E-state index contributed by atoms with van der Waals surface area (Å²) in [7, 11) is 0. The highest BCUT2D eigenvalue weighted by atomic mass is 16.5. The summed E-state index contributed by atoms with van der Waals surface area (Å²) in [5, 5.41) is 12.4. The maximum Gasteiger partial charge on any atom is 0.231 e. The fourth-order valence-electron chi connectivity index (χ4n) is 7.40. The summed E-state index contributed by atoms with van der Waals surface area (Å²) in [4.78, 5) is 4.77. The van der Waals surface area contributed by atoms with Crippen LogP contribution in [-0.2, 0) is 23.5 Å². The normalized spacial score (nSPS) is 27.9. The summed E-state index contributed by atoms with van der Waals surface area (Å²) in [6, 6.07) is 20.6. The molecule has 1 saturated carbocycles. The largest absolute Gasteiger partial charge is 0.436 e. The van der Waals surface area contributed by atoms with E-state index in [0.29, 0.717) is 18.4 Å². The molecule has 5 heteroatoms. The Bertz CT molecular complexity index is 1150. The molecule has 2 atom stereocenters. The first kappa shape index (κ1) is 25.8. The van der Waals surface area contributed by atoms with Gasteiger partial charge >= 0.3 is 0 Å². The number of aliphatic hydroxyl groups is 1. The fraction of sp³-hybridized carbons (Fsp3) is 0.545. The molecule has 1 aliphatic carbocycles. The van der Waals surface area contributed by atoms with E-state index in [9.17, 15) is 5.11 Å². The average molecular weight is 516 g/mol. The fourth-order valence-corrected chi connectivity index (χ4v) is 7.40. The Balaban J connectivity index is 1.21. The highest BCUT2D eigenvalue weighted by molar-refractivity contribution is 5.30. The highest BCUT2D eigenvalue weighted by Crippen LogP contribution is 2.43. The number of oxazole rings is 1. The Labute approximate surface area is 227 Å². The number of fused-ring (bicyclic) bond motifs is 3. The third kappa shape index (κ3) is 5.34. The number of benzene rings is 2. The van der Waals surface area contributed by atoms with Crippen molar-refractivity contribution in [3.05, 3.63) is 89.6 Å². The van der Waals surface area contributed by atoms with Crippen molar-refractivity contribution in [2.75, 3.05) is 19.6 Å². The van der Waals surface area contributed by atoms with E-state index in [4.69, 9.17) is 14.1 Å². The number of rotatable bonds is 8. The third-order valence-electron chi connectivity index (χ3n) is 9.63. The molecule has 4 heterocycles. The Hall–Kier alpha value is -2.47. The molecular weight excluding hydrogens is 472 g/mol. The van der Waals surface area contributed by atoms with Gasteiger partial charge in [-0.15, -0.1) is 0 Å². The van der Waals surface area contributed by atoms with Crippen LogP contribution in [0, 0.1) is 11.8 Å². The van der Waals surface area contributed by atoms with E-state index < -0.39 is 5.60 Å². The molecule has 3 aliphatic heterocycles. The Kier molecular flexibility index (Phi) is 7.69. The van der Waals surface area contributed by atoms with E-state index in [2.05, 4.69) is 30.3 Å². The lowest BCUT2D eigenvalue weighted by molar-refractivity contribution is -0.959. The standard InChI is InChI=1S/C33H43N2O3/c36-33(29-16-10-5-11-17-29,28-14-8-2-1-3-9-15-28)32-34-22-30(38-32)23-35-20-18-27(19-21-35)31(24-35)37-25-26-12-6-4-7-13-26/h4-7,10-13,16-17,22,27-28,31,36H,1-3,8-9,14-15,18-21,23-25H2/q+1. The number of piperidine rings is 3. The first-order valence-electron chi connectivity index (χ1n) is 14.9. The van der Waals surface area contributed by atoms with E-state index in [-0.39, 0.29) is 12.0 Å². The smallest absolute Gasteiger partial charge is 0.231 e. The van der Waals surface area contributed by atoms with Gasteiger partial charge in [0.2, 0.25) is 5.89 Å². The van der Waals surface area contributed by atoms with Gasteiger partial charge in [0, 0.05) is 24.7 Å². The van der Waals surface area contributed by atoms with Gasteiger partial charge in [-0.3, -0.25) is 0 Å². The topological polar surface area (TPSA) is 55.5 Å². The predicted molar refractivity (Wildman–Crippen MR) is 148 cm³/mol. The van der Waals surface area contributed by atoms with Gasteiger partial charge < -0.3 is 18.7 Å². The lowest BCUT2D eigenvalue weighted by Crippen LogP contribution is -2.63. The molecule has 0 spiro atoms. The van der Waals surface area contributed by atoms with Gasteiger partial charge in [0.1, 0.15) is 19.2 Å². The van der Waals surface area contributed by atoms with Crippen LogP contribution in [0.5, 0.6) is 0 Å². The van der Waals surface area contributed by atoms with E-state index in [1.807, 2.05) is 36.5 Å². The molecule has 3 aromatic rings. The van der Waals surface area contributed by atoms with Crippen molar-refractivity contribution in [3.63, 3.8) is 0 Å². The summed E-state index contributed by atoms with van der Waals surface area (Å²) in [6.45, 7) is 4.86. The number of nitrogens with zero attached hydrogens (tertiary/aromatic N) is 2. The minimum absolute atomic E-state index is 0.116. The number of ether oxygens (including phenoxy) is 1. The monoisotopic (exact) mass is 515 g/mol. The molecular formula is C33H43N2O3+. The van der Waals surface area contributed by atoms with Crippen LogP contribution in [-0.4, -0.2) is 40.3 Å². The maximum absolute atomic E-state index is 12.4. The summed E-state index contributed by atoms with van der Waals surface area (Å²) < 4.78 is 14.0. The number of quaternary nitrogens is 1. The molecule has 2 unspecified atom stereocenters. The van der Waals surface area contributed by atoms with Crippen LogP contribution in [0.15, 0.2) is 71.3 Å². The molecule has 0 amide bonds. The van der Waals surface area contributed by atoms with Crippen LogP contribution in [0.2, 0.25) is 0 Å². The summed E-state index contributed by atoms with van der Waals surface area (Å²) in [6.07, 6.45) is 12.7. The lowest BCUT2D eigenvalue weighted by Gasteiger charge is -2.52. The number of hydrogen-bond acceptors (Lipinski definition) is 4. The van der Waals surface area contributed by atoms with Gasteiger partial charge in [-0.25, -0.2) is 4.98 Å². The van der Waals surface area contributed by atoms with Crippen LogP contribution in [0.4, 0.5) is 0 Å². The molecule has 1 N–H and O–H groups in total. The van der Waals surface area contributed by atoms with Gasteiger partial charge in [0.15, 0.2) is 11.4 Å². The van der Waals surface area contributed by atoms with Crippen LogP contribution < -0.4 is 0 Å². The second kappa shape index (κ2) is 11.3. The molecule has 5 nitrogen and oxygen atoms in total. The molecule has 4 fully saturated rings.